The Morgan fingerprint density at radius 2 is 1.79 bits per heavy atom. The highest BCUT2D eigenvalue weighted by Crippen LogP contribution is 2.16. The first-order chi connectivity index (χ1) is 14.0. The van der Waals surface area contributed by atoms with Gasteiger partial charge in [0, 0.05) is 44.8 Å². The van der Waals surface area contributed by atoms with E-state index in [0.717, 1.165) is 37.7 Å². The van der Waals surface area contributed by atoms with Crippen molar-refractivity contribution in [3.05, 3.63) is 46.6 Å². The summed E-state index contributed by atoms with van der Waals surface area (Å²) in [6.07, 6.45) is 1.41. The zero-order valence-corrected chi connectivity index (χ0v) is 17.5. The predicted molar refractivity (Wildman–Crippen MR) is 111 cm³/mol. The third kappa shape index (κ3) is 5.79. The van der Waals surface area contributed by atoms with Crippen LogP contribution in [0.1, 0.15) is 22.8 Å². The first-order valence-electron chi connectivity index (χ1n) is 9.64. The normalized spacial score (nSPS) is 15.3. The van der Waals surface area contributed by atoms with Crippen molar-refractivity contribution < 1.29 is 14.3 Å². The molecule has 0 atom stereocenters. The van der Waals surface area contributed by atoms with Crippen LogP contribution in [-0.2, 0) is 23.1 Å². The van der Waals surface area contributed by atoms with E-state index in [0.29, 0.717) is 5.82 Å². The van der Waals surface area contributed by atoms with Crippen molar-refractivity contribution >= 4 is 29.3 Å². The number of piperazine rings is 1. The number of hydrogen-bond acceptors (Lipinski definition) is 6. The Bertz CT molecular complexity index is 844. The van der Waals surface area contributed by atoms with Crippen LogP contribution in [0.15, 0.2) is 30.5 Å². The molecule has 1 amide bonds. The lowest BCUT2D eigenvalue weighted by molar-refractivity contribution is -0.117. The molecule has 0 aliphatic carbocycles. The molecule has 1 N–H and O–H groups in total. The second-order valence-electron chi connectivity index (χ2n) is 6.98. The van der Waals surface area contributed by atoms with Gasteiger partial charge in [-0.25, -0.2) is 4.79 Å². The first-order valence-corrected chi connectivity index (χ1v) is 10.0. The average molecular weight is 420 g/mol. The quantitative estimate of drug-likeness (QED) is 0.691. The van der Waals surface area contributed by atoms with Crippen LogP contribution in [-0.4, -0.2) is 70.8 Å². The number of ether oxygens (including phenoxy) is 1. The summed E-state index contributed by atoms with van der Waals surface area (Å²) in [5.41, 5.74) is 1.48. The van der Waals surface area contributed by atoms with Crippen LogP contribution in [0.4, 0.5) is 5.82 Å². The fourth-order valence-electron chi connectivity index (χ4n) is 3.27. The summed E-state index contributed by atoms with van der Waals surface area (Å²) in [5, 5.41) is 7.58. The van der Waals surface area contributed by atoms with Crippen molar-refractivity contribution in [1.82, 2.24) is 19.6 Å². The molecule has 1 aliphatic rings. The van der Waals surface area contributed by atoms with Crippen LogP contribution >= 0.6 is 11.6 Å². The summed E-state index contributed by atoms with van der Waals surface area (Å²) in [6, 6.07) is 7.88. The zero-order valence-electron chi connectivity index (χ0n) is 16.7. The lowest BCUT2D eigenvalue weighted by Crippen LogP contribution is -2.48. The number of carbonyl (C=O) groups is 2. The Morgan fingerprint density at radius 3 is 2.45 bits per heavy atom. The molecule has 8 nitrogen and oxygen atoms in total. The number of nitrogens with one attached hydrogen (secondary N) is 1. The van der Waals surface area contributed by atoms with Crippen LogP contribution in [0.2, 0.25) is 5.02 Å². The molecule has 156 valence electrons. The lowest BCUT2D eigenvalue weighted by atomic mass is 10.2. The number of aromatic nitrogens is 2. The number of anilines is 1. The van der Waals surface area contributed by atoms with E-state index in [2.05, 4.69) is 20.2 Å². The van der Waals surface area contributed by atoms with E-state index in [1.165, 1.54) is 16.4 Å². The van der Waals surface area contributed by atoms with E-state index < -0.39 is 5.97 Å². The van der Waals surface area contributed by atoms with Crippen molar-refractivity contribution in [2.45, 2.75) is 13.5 Å². The van der Waals surface area contributed by atoms with E-state index in [4.69, 9.17) is 16.3 Å². The molecule has 2 heterocycles. The molecule has 29 heavy (non-hydrogen) atoms. The maximum absolute atomic E-state index is 12.5. The Labute approximate surface area is 175 Å². The van der Waals surface area contributed by atoms with Gasteiger partial charge in [0.25, 0.3) is 0 Å². The second-order valence-corrected chi connectivity index (χ2v) is 7.41. The van der Waals surface area contributed by atoms with Gasteiger partial charge in [-0.05, 0) is 24.6 Å². The number of benzene rings is 1. The van der Waals surface area contributed by atoms with Gasteiger partial charge in [-0.3, -0.25) is 19.3 Å². The third-order valence-electron chi connectivity index (χ3n) is 4.84. The fourth-order valence-corrected chi connectivity index (χ4v) is 3.40. The number of hydrogen-bond donors (Lipinski definition) is 1. The van der Waals surface area contributed by atoms with Crippen molar-refractivity contribution in [3.63, 3.8) is 0 Å². The van der Waals surface area contributed by atoms with Gasteiger partial charge >= 0.3 is 5.97 Å². The molecule has 1 saturated heterocycles. The summed E-state index contributed by atoms with van der Waals surface area (Å²) < 4.78 is 6.48. The monoisotopic (exact) mass is 419 g/mol. The Kier molecular flexibility index (Phi) is 7.24. The van der Waals surface area contributed by atoms with E-state index in [-0.39, 0.29) is 24.6 Å². The molecule has 0 unspecified atom stereocenters. The van der Waals surface area contributed by atoms with Crippen LogP contribution in [0.5, 0.6) is 0 Å². The minimum absolute atomic E-state index is 0.176. The van der Waals surface area contributed by atoms with Crippen LogP contribution in [0.25, 0.3) is 0 Å². The van der Waals surface area contributed by atoms with E-state index in [1.807, 2.05) is 24.3 Å². The smallest absolute Gasteiger partial charge is 0.343 e. The van der Waals surface area contributed by atoms with Gasteiger partial charge in [-0.1, -0.05) is 23.7 Å². The molecule has 0 radical (unpaired) electrons. The van der Waals surface area contributed by atoms with Crippen LogP contribution < -0.4 is 5.32 Å². The van der Waals surface area contributed by atoms with Gasteiger partial charge in [0.2, 0.25) is 5.91 Å². The van der Waals surface area contributed by atoms with Gasteiger partial charge in [0.15, 0.2) is 0 Å². The maximum atomic E-state index is 12.5. The van der Waals surface area contributed by atoms with Gasteiger partial charge in [0.1, 0.15) is 11.4 Å². The largest absolute Gasteiger partial charge is 0.462 e. The second kappa shape index (κ2) is 9.87. The van der Waals surface area contributed by atoms with Gasteiger partial charge < -0.3 is 10.1 Å². The van der Waals surface area contributed by atoms with E-state index >= 15 is 0 Å². The van der Waals surface area contributed by atoms with E-state index in [9.17, 15) is 9.59 Å². The minimum atomic E-state index is -0.494. The Balaban J connectivity index is 1.48. The predicted octanol–water partition coefficient (Wildman–Crippen LogP) is 2.01. The molecule has 3 rings (SSSR count). The highest BCUT2D eigenvalue weighted by molar-refractivity contribution is 6.30. The number of rotatable bonds is 7. The van der Waals surface area contributed by atoms with Gasteiger partial charge in [0.05, 0.1) is 19.3 Å². The van der Waals surface area contributed by atoms with Crippen LogP contribution in [0, 0.1) is 0 Å². The average Bonchev–Trinajstić information content (AvgIpc) is 3.06. The number of esters is 1. The van der Waals surface area contributed by atoms with Crippen LogP contribution in [0.3, 0.4) is 0 Å². The zero-order chi connectivity index (χ0) is 20.8. The van der Waals surface area contributed by atoms with Crippen molar-refractivity contribution in [2.24, 2.45) is 7.05 Å². The molecule has 0 saturated carbocycles. The highest BCUT2D eigenvalue weighted by Gasteiger charge is 2.22. The van der Waals surface area contributed by atoms with E-state index in [1.54, 1.807) is 14.0 Å². The molecule has 0 bridgehead atoms. The number of carbonyl (C=O) groups excluding carboxylic acids is 2. The third-order valence-corrected chi connectivity index (χ3v) is 5.10. The molecule has 9 heteroatoms. The number of halogens is 1. The summed E-state index contributed by atoms with van der Waals surface area (Å²) in [6.45, 7) is 6.51. The molecule has 1 aromatic carbocycles. The summed E-state index contributed by atoms with van der Waals surface area (Å²) in [4.78, 5) is 29.0. The molecular formula is C20H26ClN5O3. The lowest BCUT2D eigenvalue weighted by Gasteiger charge is -2.34. The minimum Gasteiger partial charge on any atom is -0.462 e. The van der Waals surface area contributed by atoms with Crippen molar-refractivity contribution in [2.75, 3.05) is 44.6 Å². The molecule has 1 aromatic heterocycles. The van der Waals surface area contributed by atoms with Gasteiger partial charge in [-0.2, -0.15) is 5.10 Å². The Hall–Kier alpha value is -2.42. The summed E-state index contributed by atoms with van der Waals surface area (Å²) in [5.74, 6) is -0.313. The Morgan fingerprint density at radius 1 is 1.14 bits per heavy atom. The first kappa shape index (κ1) is 21.3. The topological polar surface area (TPSA) is 79.7 Å². The standard InChI is InChI=1S/C20H26ClN5O3/c1-3-29-20(28)17-12-22-24(2)19(17)23-18(27)14-26-10-8-25(9-11-26)13-15-4-6-16(21)7-5-15/h4-7,12H,3,8-11,13-14H2,1-2H3,(H,23,27). The molecule has 2 aromatic rings. The fraction of sp³-hybridized carbons (Fsp3) is 0.450. The molecular weight excluding hydrogens is 394 g/mol. The van der Waals surface area contributed by atoms with Gasteiger partial charge in [-0.15, -0.1) is 0 Å². The number of amides is 1. The molecule has 1 fully saturated rings. The SMILES string of the molecule is CCOC(=O)c1cnn(C)c1NC(=O)CN1CCN(Cc2ccc(Cl)cc2)CC1. The van der Waals surface area contributed by atoms with Crippen molar-refractivity contribution in [3.8, 4) is 0 Å². The summed E-state index contributed by atoms with van der Waals surface area (Å²) in [7, 11) is 1.67. The van der Waals surface area contributed by atoms with Crippen molar-refractivity contribution in [1.29, 1.82) is 0 Å². The number of aryl methyl sites for hydroxylation is 1. The maximum Gasteiger partial charge on any atom is 0.343 e. The molecule has 1 aliphatic heterocycles. The summed E-state index contributed by atoms with van der Waals surface area (Å²) >= 11 is 5.94. The highest BCUT2D eigenvalue weighted by atomic mass is 35.5. The number of nitrogens with zero attached hydrogens (tertiary/aromatic N) is 4. The molecule has 0 spiro atoms.